The number of rotatable bonds is 5. The maximum Gasteiger partial charge on any atom is 0.277 e. The van der Waals surface area contributed by atoms with Crippen LogP contribution in [0.15, 0.2) is 170 Å². The summed E-state index contributed by atoms with van der Waals surface area (Å²) >= 11 is 2.28. The van der Waals surface area contributed by atoms with Gasteiger partial charge in [0.1, 0.15) is 0 Å². The topological polar surface area (TPSA) is 107 Å². The highest BCUT2D eigenvalue weighted by Crippen LogP contribution is 2.36. The molecule has 9 heteroatoms. The van der Waals surface area contributed by atoms with Crippen LogP contribution in [-0.4, -0.2) is 19.4 Å². The fourth-order valence-corrected chi connectivity index (χ4v) is 6.08. The van der Waals surface area contributed by atoms with Crippen molar-refractivity contribution in [2.75, 3.05) is 0 Å². The minimum Gasteiger partial charge on any atom is -0.361 e. The van der Waals surface area contributed by atoms with Crippen molar-refractivity contribution >= 4 is 55.8 Å². The summed E-state index contributed by atoms with van der Waals surface area (Å²) in [5, 5.41) is 24.6. The van der Waals surface area contributed by atoms with E-state index in [0.717, 1.165) is 38.6 Å². The molecule has 240 valence electrons. The molecule has 0 aliphatic rings. The van der Waals surface area contributed by atoms with Gasteiger partial charge in [0, 0.05) is 50.3 Å². The molecule has 0 atom stereocenters. The summed E-state index contributed by atoms with van der Waals surface area (Å²) in [5.41, 5.74) is 6.13. The van der Waals surface area contributed by atoms with E-state index in [9.17, 15) is 20.2 Å². The summed E-state index contributed by atoms with van der Waals surface area (Å²) in [6.45, 7) is 0. The van der Waals surface area contributed by atoms with Gasteiger partial charge in [0.2, 0.25) is 0 Å². The molecule has 0 saturated heterocycles. The number of halogens is 1. The van der Waals surface area contributed by atoms with E-state index in [1.165, 1.54) is 9.64 Å². The first kappa shape index (κ1) is 32.9. The Morgan fingerprint density at radius 1 is 0.510 bits per heavy atom. The second kappa shape index (κ2) is 15.2. The Morgan fingerprint density at radius 3 is 1.61 bits per heavy atom. The van der Waals surface area contributed by atoms with Crippen molar-refractivity contribution < 1.29 is 9.85 Å². The molecule has 0 bridgehead atoms. The lowest BCUT2D eigenvalue weighted by atomic mass is 10.0. The van der Waals surface area contributed by atoms with Crippen LogP contribution < -0.4 is 0 Å². The van der Waals surface area contributed by atoms with Crippen LogP contribution in [0.5, 0.6) is 0 Å². The molecule has 0 aliphatic heterocycles. The van der Waals surface area contributed by atoms with Crippen LogP contribution in [0.1, 0.15) is 0 Å². The zero-order valence-corrected chi connectivity index (χ0v) is 28.2. The molecule has 0 fully saturated rings. The maximum absolute atomic E-state index is 11.4. The minimum absolute atomic E-state index is 0.116. The monoisotopic (exact) mass is 756 g/mol. The normalized spacial score (nSPS) is 10.5. The molecule has 49 heavy (non-hydrogen) atoms. The van der Waals surface area contributed by atoms with Crippen molar-refractivity contribution in [3.8, 4) is 27.9 Å². The zero-order chi connectivity index (χ0) is 34.2. The van der Waals surface area contributed by atoms with Crippen molar-refractivity contribution in [1.82, 2.24) is 9.55 Å². The van der Waals surface area contributed by atoms with Crippen molar-refractivity contribution in [2.45, 2.75) is 0 Å². The number of nitrogens with zero attached hydrogens (tertiary/aromatic N) is 3. The van der Waals surface area contributed by atoms with Crippen LogP contribution in [0.4, 0.5) is 11.4 Å². The van der Waals surface area contributed by atoms with Gasteiger partial charge in [-0.1, -0.05) is 97.1 Å². The van der Waals surface area contributed by atoms with E-state index < -0.39 is 0 Å². The van der Waals surface area contributed by atoms with Crippen LogP contribution >= 0.6 is 22.6 Å². The van der Waals surface area contributed by atoms with Crippen LogP contribution in [0.3, 0.4) is 0 Å². The molecule has 0 unspecified atom stereocenters. The zero-order valence-electron chi connectivity index (χ0n) is 26.0. The van der Waals surface area contributed by atoms with Gasteiger partial charge >= 0.3 is 0 Å². The van der Waals surface area contributed by atoms with Gasteiger partial charge in [-0.25, -0.2) is 0 Å². The standard InChI is InChI=1S/C20H14N2O2.C14H10N2O2.C6H5I/c23-22(24)19-12-5-4-10-17(19)18-11-6-7-15-13-14-21(20(15)18)16-8-2-1-3-9-16;17-16(18)13-7-2-1-5-11(13)12-6-3-4-10-8-9-15-14(10)12;7-6-4-2-1-3-5-6/h1-14H;1-9,15H;1-5H. The number of benzene rings is 6. The summed E-state index contributed by atoms with van der Waals surface area (Å²) < 4.78 is 3.36. The molecule has 0 amide bonds. The highest BCUT2D eigenvalue weighted by molar-refractivity contribution is 14.1. The van der Waals surface area contributed by atoms with Gasteiger partial charge in [-0.15, -0.1) is 0 Å². The Balaban J connectivity index is 0.000000146. The molecule has 1 N–H and O–H groups in total. The molecule has 2 heterocycles. The molecule has 0 saturated carbocycles. The lowest BCUT2D eigenvalue weighted by Crippen LogP contribution is -1.96. The Bertz CT molecular complexity index is 2370. The van der Waals surface area contributed by atoms with Gasteiger partial charge in [0.05, 0.1) is 32.0 Å². The first-order chi connectivity index (χ1) is 23.9. The lowest BCUT2D eigenvalue weighted by Gasteiger charge is -2.10. The Morgan fingerprint density at radius 2 is 1.02 bits per heavy atom. The predicted octanol–water partition coefficient (Wildman–Crippen LogP) is 11.2. The Labute approximate surface area is 295 Å². The summed E-state index contributed by atoms with van der Waals surface area (Å²) in [6, 6.07) is 49.5. The summed E-state index contributed by atoms with van der Waals surface area (Å²) in [4.78, 5) is 24.9. The van der Waals surface area contributed by atoms with Crippen LogP contribution in [0.25, 0.3) is 49.7 Å². The van der Waals surface area contributed by atoms with Crippen LogP contribution in [0.2, 0.25) is 0 Å². The lowest BCUT2D eigenvalue weighted by molar-refractivity contribution is -0.384. The van der Waals surface area contributed by atoms with Crippen molar-refractivity contribution in [2.24, 2.45) is 0 Å². The minimum atomic E-state index is -0.350. The summed E-state index contributed by atoms with van der Waals surface area (Å²) in [7, 11) is 0. The van der Waals surface area contributed by atoms with Crippen molar-refractivity contribution in [3.63, 3.8) is 0 Å². The second-order valence-electron chi connectivity index (χ2n) is 10.9. The largest absolute Gasteiger partial charge is 0.361 e. The molecular formula is C40H29IN4O4. The number of hydrogen-bond donors (Lipinski definition) is 1. The van der Waals surface area contributed by atoms with Gasteiger partial charge in [-0.3, -0.25) is 20.2 Å². The number of para-hydroxylation sites is 5. The van der Waals surface area contributed by atoms with E-state index in [1.54, 1.807) is 30.3 Å². The van der Waals surface area contributed by atoms with Crippen molar-refractivity contribution in [3.05, 3.63) is 194 Å². The summed E-state index contributed by atoms with van der Waals surface area (Å²) in [6.07, 6.45) is 3.83. The Kier molecular flexibility index (Phi) is 10.2. The second-order valence-corrected chi connectivity index (χ2v) is 12.1. The molecule has 0 radical (unpaired) electrons. The number of nitrogens with one attached hydrogen (secondary N) is 1. The average Bonchev–Trinajstić information content (AvgIpc) is 3.81. The van der Waals surface area contributed by atoms with E-state index >= 15 is 0 Å². The van der Waals surface area contributed by atoms with Gasteiger partial charge in [0.15, 0.2) is 0 Å². The predicted molar refractivity (Wildman–Crippen MR) is 205 cm³/mol. The quantitative estimate of drug-likeness (QED) is 0.107. The van der Waals surface area contributed by atoms with Gasteiger partial charge in [0.25, 0.3) is 11.4 Å². The molecule has 0 aliphatic carbocycles. The number of nitro groups is 2. The first-order valence-electron chi connectivity index (χ1n) is 15.3. The van der Waals surface area contributed by atoms with E-state index in [-0.39, 0.29) is 21.2 Å². The molecular weight excluding hydrogens is 727 g/mol. The fourth-order valence-electron chi connectivity index (χ4n) is 5.66. The SMILES string of the molecule is Ic1ccccc1.O=[N+]([O-])c1ccccc1-c1cccc2cc[nH]c12.O=[N+]([O-])c1ccccc1-c1cccc2ccn(-c3ccccc3)c12. The molecule has 0 spiro atoms. The van der Waals surface area contributed by atoms with Crippen molar-refractivity contribution in [1.29, 1.82) is 0 Å². The number of hydrogen-bond acceptors (Lipinski definition) is 4. The maximum atomic E-state index is 11.4. The van der Waals surface area contributed by atoms with Gasteiger partial charge in [-0.05, 0) is 76.5 Å². The number of aromatic amines is 1. The van der Waals surface area contributed by atoms with E-state index in [4.69, 9.17) is 0 Å². The van der Waals surface area contributed by atoms with Gasteiger partial charge < -0.3 is 9.55 Å². The van der Waals surface area contributed by atoms with E-state index in [1.807, 2.05) is 122 Å². The van der Waals surface area contributed by atoms with E-state index in [2.05, 4.69) is 44.3 Å². The highest BCUT2D eigenvalue weighted by Gasteiger charge is 2.19. The van der Waals surface area contributed by atoms with Gasteiger partial charge in [-0.2, -0.15) is 0 Å². The molecule has 8 aromatic rings. The third-order valence-electron chi connectivity index (χ3n) is 7.85. The third kappa shape index (κ3) is 7.42. The van der Waals surface area contributed by atoms with Crippen LogP contribution in [0, 0.1) is 23.8 Å². The van der Waals surface area contributed by atoms with E-state index in [0.29, 0.717) is 11.1 Å². The third-order valence-corrected chi connectivity index (χ3v) is 8.57. The number of H-pyrrole nitrogens is 1. The molecule has 8 nitrogen and oxygen atoms in total. The number of nitro benzene ring substituents is 2. The number of fused-ring (bicyclic) bond motifs is 2. The fraction of sp³-hybridized carbons (Fsp3) is 0. The number of aromatic nitrogens is 2. The first-order valence-corrected chi connectivity index (χ1v) is 16.4. The van der Waals surface area contributed by atoms with Crippen LogP contribution in [-0.2, 0) is 0 Å². The average molecular weight is 757 g/mol. The molecule has 2 aromatic heterocycles. The highest BCUT2D eigenvalue weighted by atomic mass is 127. The molecule has 6 aromatic carbocycles. The smallest absolute Gasteiger partial charge is 0.277 e. The molecule has 8 rings (SSSR count). The Hall–Kier alpha value is -6.07. The summed E-state index contributed by atoms with van der Waals surface area (Å²) in [5.74, 6) is 0.